The van der Waals surface area contributed by atoms with Crippen molar-refractivity contribution in [2.45, 2.75) is 38.5 Å². The van der Waals surface area contributed by atoms with E-state index in [1.807, 2.05) is 12.1 Å². The summed E-state index contributed by atoms with van der Waals surface area (Å²) in [6.07, 6.45) is 0.133. The first-order valence-electron chi connectivity index (χ1n) is 7.85. The predicted molar refractivity (Wildman–Crippen MR) is 92.5 cm³/mol. The molecule has 2 aliphatic rings. The first kappa shape index (κ1) is 15.2. The summed E-state index contributed by atoms with van der Waals surface area (Å²) < 4.78 is 6.61. The summed E-state index contributed by atoms with van der Waals surface area (Å²) in [4.78, 5) is 18.7. The molecule has 1 fully saturated rings. The van der Waals surface area contributed by atoms with E-state index in [9.17, 15) is 9.90 Å². The minimum atomic E-state index is -0.697. The molecule has 0 unspecified atom stereocenters. The van der Waals surface area contributed by atoms with Crippen LogP contribution in [0.2, 0.25) is 0 Å². The number of urea groups is 1. The second-order valence-electron chi connectivity index (χ2n) is 5.91. The molecule has 124 valence electrons. The molecule has 1 saturated heterocycles. The third kappa shape index (κ3) is 2.22. The summed E-state index contributed by atoms with van der Waals surface area (Å²) in [6, 6.07) is 2.78. The molecule has 0 spiro atoms. The normalized spacial score (nSPS) is 23.5. The maximum absolute atomic E-state index is 12.5. The molecule has 7 heteroatoms. The molecule has 2 amide bonds. The van der Waals surface area contributed by atoms with Gasteiger partial charge in [0.25, 0.3) is 0 Å². The number of amides is 2. The van der Waals surface area contributed by atoms with E-state index in [0.29, 0.717) is 11.7 Å². The maximum atomic E-state index is 12.5. The van der Waals surface area contributed by atoms with Gasteiger partial charge >= 0.3 is 6.03 Å². The summed E-state index contributed by atoms with van der Waals surface area (Å²) in [7, 11) is 0. The van der Waals surface area contributed by atoms with Gasteiger partial charge in [0.05, 0.1) is 29.0 Å². The van der Waals surface area contributed by atoms with Crippen molar-refractivity contribution in [2.75, 3.05) is 11.5 Å². The number of aliphatic hydroxyl groups excluding tert-OH is 1. The summed E-state index contributed by atoms with van der Waals surface area (Å²) in [5.74, 6) is 6.75. The highest BCUT2D eigenvalue weighted by molar-refractivity contribution is 7.22. The highest BCUT2D eigenvalue weighted by atomic mass is 32.1. The third-order valence-corrected chi connectivity index (χ3v) is 5.39. The van der Waals surface area contributed by atoms with E-state index < -0.39 is 18.2 Å². The Labute approximate surface area is 143 Å². The minimum Gasteiger partial charge on any atom is -0.493 e. The largest absolute Gasteiger partial charge is 0.493 e. The SMILES string of the molecule is CC#C[C@@H]1[C@H]([C@@H](C)O)NC(=O)N1c1nc2c3c(ccc2s1)OCC3. The van der Waals surface area contributed by atoms with Crippen LogP contribution in [0.15, 0.2) is 12.1 Å². The summed E-state index contributed by atoms with van der Waals surface area (Å²) in [6.45, 7) is 4.05. The lowest BCUT2D eigenvalue weighted by Crippen LogP contribution is -2.42. The predicted octanol–water partition coefficient (Wildman–Crippen LogP) is 1.90. The third-order valence-electron chi connectivity index (χ3n) is 4.37. The number of hydrogen-bond acceptors (Lipinski definition) is 5. The van der Waals surface area contributed by atoms with Crippen molar-refractivity contribution in [1.82, 2.24) is 10.3 Å². The zero-order valence-corrected chi connectivity index (χ0v) is 14.2. The van der Waals surface area contributed by atoms with Crippen LogP contribution in [-0.4, -0.2) is 40.9 Å². The van der Waals surface area contributed by atoms with E-state index in [4.69, 9.17) is 9.72 Å². The molecule has 6 nitrogen and oxygen atoms in total. The molecule has 0 aliphatic carbocycles. The Morgan fingerprint density at radius 1 is 1.54 bits per heavy atom. The van der Waals surface area contributed by atoms with Crippen molar-refractivity contribution in [3.05, 3.63) is 17.7 Å². The Morgan fingerprint density at radius 2 is 2.38 bits per heavy atom. The van der Waals surface area contributed by atoms with Crippen LogP contribution in [0.3, 0.4) is 0 Å². The molecule has 1 aromatic heterocycles. The van der Waals surface area contributed by atoms with Crippen LogP contribution in [0.4, 0.5) is 9.93 Å². The number of aliphatic hydroxyl groups is 1. The zero-order valence-electron chi connectivity index (χ0n) is 13.4. The molecule has 4 rings (SSSR count). The monoisotopic (exact) mass is 343 g/mol. The standard InChI is InChI=1S/C17H17N3O3S/c1-3-4-11-14(9(2)21)18-16(22)20(11)17-19-15-10-7-8-23-12(10)5-6-13(15)24-17/h5-6,9,11,14,21H,7-8H2,1-2H3,(H,18,22)/t9-,11-,14+/m1/s1. The number of nitrogens with zero attached hydrogens (tertiary/aromatic N) is 2. The molecule has 2 aliphatic heterocycles. The first-order chi connectivity index (χ1) is 11.6. The van der Waals surface area contributed by atoms with Crippen LogP contribution >= 0.6 is 11.3 Å². The summed E-state index contributed by atoms with van der Waals surface area (Å²) >= 11 is 1.46. The Morgan fingerprint density at radius 3 is 3.12 bits per heavy atom. The average Bonchev–Trinajstić information content (AvgIpc) is 3.22. The fourth-order valence-electron chi connectivity index (χ4n) is 3.23. The van der Waals surface area contributed by atoms with Gasteiger partial charge in [0.1, 0.15) is 11.8 Å². The number of carbonyl (C=O) groups excluding carboxylic acids is 1. The van der Waals surface area contributed by atoms with Gasteiger partial charge in [-0.1, -0.05) is 17.3 Å². The fourth-order valence-corrected chi connectivity index (χ4v) is 4.26. The minimum absolute atomic E-state index is 0.277. The van der Waals surface area contributed by atoms with Gasteiger partial charge in [-0.2, -0.15) is 0 Å². The quantitative estimate of drug-likeness (QED) is 0.817. The molecule has 0 radical (unpaired) electrons. The Kier molecular flexibility index (Phi) is 3.59. The number of carbonyl (C=O) groups is 1. The Bertz CT molecular complexity index is 880. The number of aromatic nitrogens is 1. The van der Waals surface area contributed by atoms with E-state index in [1.165, 1.54) is 11.3 Å². The highest BCUT2D eigenvalue weighted by Crippen LogP contribution is 2.39. The van der Waals surface area contributed by atoms with Crippen LogP contribution < -0.4 is 15.0 Å². The summed E-state index contributed by atoms with van der Waals surface area (Å²) in [5, 5.41) is 13.4. The molecule has 0 saturated carbocycles. The molecule has 0 bridgehead atoms. The van der Waals surface area contributed by atoms with Crippen molar-refractivity contribution in [1.29, 1.82) is 0 Å². The van der Waals surface area contributed by atoms with Crippen molar-refractivity contribution >= 4 is 32.7 Å². The number of nitrogens with one attached hydrogen (secondary N) is 1. The van der Waals surface area contributed by atoms with Gasteiger partial charge in [-0.05, 0) is 26.0 Å². The molecular formula is C17H17N3O3S. The lowest BCUT2D eigenvalue weighted by Gasteiger charge is -2.21. The number of fused-ring (bicyclic) bond motifs is 3. The molecule has 24 heavy (non-hydrogen) atoms. The Hall–Kier alpha value is -2.30. The maximum Gasteiger partial charge on any atom is 0.325 e. The lowest BCUT2D eigenvalue weighted by atomic mass is 10.1. The topological polar surface area (TPSA) is 74.7 Å². The second kappa shape index (κ2) is 5.65. The van der Waals surface area contributed by atoms with Crippen LogP contribution in [0, 0.1) is 11.8 Å². The second-order valence-corrected chi connectivity index (χ2v) is 6.92. The number of hydrogen-bond donors (Lipinski definition) is 2. The number of thiazole rings is 1. The molecular weight excluding hydrogens is 326 g/mol. The zero-order chi connectivity index (χ0) is 16.8. The molecule has 2 N–H and O–H groups in total. The molecule has 2 aromatic rings. The van der Waals surface area contributed by atoms with E-state index in [1.54, 1.807) is 18.7 Å². The van der Waals surface area contributed by atoms with Crippen molar-refractivity contribution < 1.29 is 14.6 Å². The number of ether oxygens (including phenoxy) is 1. The van der Waals surface area contributed by atoms with Gasteiger partial charge in [0, 0.05) is 12.0 Å². The first-order valence-corrected chi connectivity index (χ1v) is 8.67. The van der Waals surface area contributed by atoms with E-state index >= 15 is 0 Å². The number of rotatable bonds is 2. The molecule has 3 atom stereocenters. The van der Waals surface area contributed by atoms with E-state index in [0.717, 1.165) is 28.0 Å². The van der Waals surface area contributed by atoms with Crippen LogP contribution in [-0.2, 0) is 6.42 Å². The number of benzene rings is 1. The van der Waals surface area contributed by atoms with Crippen LogP contribution in [0.25, 0.3) is 10.2 Å². The average molecular weight is 343 g/mol. The smallest absolute Gasteiger partial charge is 0.325 e. The highest BCUT2D eigenvalue weighted by Gasteiger charge is 2.43. The van der Waals surface area contributed by atoms with Crippen molar-refractivity contribution in [3.8, 4) is 17.6 Å². The van der Waals surface area contributed by atoms with Gasteiger partial charge in [0.15, 0.2) is 5.13 Å². The van der Waals surface area contributed by atoms with E-state index in [2.05, 4.69) is 17.2 Å². The van der Waals surface area contributed by atoms with Gasteiger partial charge in [-0.3, -0.25) is 4.90 Å². The van der Waals surface area contributed by atoms with Gasteiger partial charge in [-0.15, -0.1) is 5.92 Å². The van der Waals surface area contributed by atoms with Crippen LogP contribution in [0.5, 0.6) is 5.75 Å². The number of anilines is 1. The van der Waals surface area contributed by atoms with E-state index in [-0.39, 0.29) is 6.03 Å². The van der Waals surface area contributed by atoms with Crippen LogP contribution in [0.1, 0.15) is 19.4 Å². The van der Waals surface area contributed by atoms with Crippen molar-refractivity contribution in [3.63, 3.8) is 0 Å². The van der Waals surface area contributed by atoms with Gasteiger partial charge < -0.3 is 15.2 Å². The lowest BCUT2D eigenvalue weighted by molar-refractivity contribution is 0.153. The summed E-state index contributed by atoms with van der Waals surface area (Å²) in [5.41, 5.74) is 1.99. The molecule has 3 heterocycles. The van der Waals surface area contributed by atoms with Gasteiger partial charge in [0.2, 0.25) is 0 Å². The Balaban J connectivity index is 1.80. The fraction of sp³-hybridized carbons (Fsp3) is 0.412. The van der Waals surface area contributed by atoms with Gasteiger partial charge in [-0.25, -0.2) is 9.78 Å². The molecule has 1 aromatic carbocycles. The van der Waals surface area contributed by atoms with Crippen molar-refractivity contribution in [2.24, 2.45) is 0 Å².